The lowest BCUT2D eigenvalue weighted by Crippen LogP contribution is -2.17. The minimum Gasteiger partial charge on any atom is -0.478 e. The van der Waals surface area contributed by atoms with Crippen LogP contribution in [0.2, 0.25) is 0 Å². The van der Waals surface area contributed by atoms with Crippen LogP contribution in [0.15, 0.2) is 30.6 Å². The Kier molecular flexibility index (Phi) is 4.09. The molecule has 0 unspecified atom stereocenters. The molecule has 1 aromatic heterocycles. The standard InChI is InChI=1S/C13H14N4O3/c1-9-2-3-11(10(8-9)13(19)20)15-12(18)4-6-17-7-5-14-16-17/h2-3,5,7-8H,4,6H2,1H3,(H,15,18)(H,19,20). The van der Waals surface area contributed by atoms with Gasteiger partial charge in [-0.15, -0.1) is 5.10 Å². The predicted octanol–water partition coefficient (Wildman–Crippen LogP) is 1.31. The van der Waals surface area contributed by atoms with Gasteiger partial charge in [-0.3, -0.25) is 9.48 Å². The zero-order valence-corrected chi connectivity index (χ0v) is 10.9. The summed E-state index contributed by atoms with van der Waals surface area (Å²) in [5.41, 5.74) is 1.20. The molecule has 7 nitrogen and oxygen atoms in total. The van der Waals surface area contributed by atoms with Gasteiger partial charge in [-0.1, -0.05) is 16.8 Å². The highest BCUT2D eigenvalue weighted by Crippen LogP contribution is 2.17. The molecule has 0 saturated carbocycles. The van der Waals surface area contributed by atoms with Crippen molar-refractivity contribution in [2.75, 3.05) is 5.32 Å². The molecule has 1 amide bonds. The second kappa shape index (κ2) is 5.96. The van der Waals surface area contributed by atoms with Crippen LogP contribution in [0.4, 0.5) is 5.69 Å². The lowest BCUT2D eigenvalue weighted by atomic mass is 10.1. The van der Waals surface area contributed by atoms with Gasteiger partial charge in [-0.05, 0) is 19.1 Å². The monoisotopic (exact) mass is 274 g/mol. The molecule has 20 heavy (non-hydrogen) atoms. The van der Waals surface area contributed by atoms with Crippen molar-refractivity contribution in [1.82, 2.24) is 15.0 Å². The number of aryl methyl sites for hydroxylation is 2. The van der Waals surface area contributed by atoms with Crippen LogP contribution < -0.4 is 5.32 Å². The van der Waals surface area contributed by atoms with Gasteiger partial charge in [-0.25, -0.2) is 4.79 Å². The van der Waals surface area contributed by atoms with E-state index in [0.29, 0.717) is 12.2 Å². The zero-order chi connectivity index (χ0) is 14.5. The Balaban J connectivity index is 2.02. The van der Waals surface area contributed by atoms with Crippen LogP contribution in [0.5, 0.6) is 0 Å². The molecule has 2 aromatic rings. The van der Waals surface area contributed by atoms with Crippen LogP contribution in [-0.2, 0) is 11.3 Å². The molecule has 1 aromatic carbocycles. The summed E-state index contributed by atoms with van der Waals surface area (Å²) in [6.07, 6.45) is 3.37. The summed E-state index contributed by atoms with van der Waals surface area (Å²) in [5, 5.41) is 19.1. The molecule has 0 radical (unpaired) electrons. The van der Waals surface area contributed by atoms with Gasteiger partial charge < -0.3 is 10.4 Å². The first kappa shape index (κ1) is 13.7. The van der Waals surface area contributed by atoms with E-state index in [1.54, 1.807) is 25.3 Å². The fourth-order valence-electron chi connectivity index (χ4n) is 1.72. The number of carbonyl (C=O) groups is 2. The van der Waals surface area contributed by atoms with Crippen molar-refractivity contribution in [3.63, 3.8) is 0 Å². The SMILES string of the molecule is Cc1ccc(NC(=O)CCn2ccnn2)c(C(=O)O)c1. The van der Waals surface area contributed by atoms with E-state index in [1.165, 1.54) is 16.9 Å². The number of carbonyl (C=O) groups excluding carboxylic acids is 1. The smallest absolute Gasteiger partial charge is 0.337 e. The van der Waals surface area contributed by atoms with Crippen LogP contribution in [0.1, 0.15) is 22.3 Å². The molecule has 0 bridgehead atoms. The molecular weight excluding hydrogens is 260 g/mol. The van der Waals surface area contributed by atoms with E-state index in [4.69, 9.17) is 5.11 Å². The number of benzene rings is 1. The van der Waals surface area contributed by atoms with Crippen molar-refractivity contribution in [1.29, 1.82) is 0 Å². The van der Waals surface area contributed by atoms with E-state index >= 15 is 0 Å². The van der Waals surface area contributed by atoms with E-state index in [0.717, 1.165) is 5.56 Å². The highest BCUT2D eigenvalue weighted by atomic mass is 16.4. The van der Waals surface area contributed by atoms with Gasteiger partial charge in [0, 0.05) is 12.6 Å². The van der Waals surface area contributed by atoms with Crippen molar-refractivity contribution in [2.24, 2.45) is 0 Å². The molecule has 1 heterocycles. The third-order valence-electron chi connectivity index (χ3n) is 2.72. The molecule has 0 atom stereocenters. The topological polar surface area (TPSA) is 97.1 Å². The molecule has 0 aliphatic heterocycles. The summed E-state index contributed by atoms with van der Waals surface area (Å²) in [6.45, 7) is 2.18. The number of nitrogens with one attached hydrogen (secondary N) is 1. The number of aromatic carboxylic acids is 1. The quantitative estimate of drug-likeness (QED) is 0.856. The van der Waals surface area contributed by atoms with E-state index in [2.05, 4.69) is 15.6 Å². The minimum atomic E-state index is -1.07. The second-order valence-electron chi connectivity index (χ2n) is 4.32. The van der Waals surface area contributed by atoms with Crippen LogP contribution >= 0.6 is 0 Å². The van der Waals surface area contributed by atoms with Gasteiger partial charge in [0.25, 0.3) is 0 Å². The average Bonchev–Trinajstić information content (AvgIpc) is 2.91. The Morgan fingerprint density at radius 1 is 1.40 bits per heavy atom. The third kappa shape index (κ3) is 3.41. The number of nitrogens with zero attached hydrogens (tertiary/aromatic N) is 3. The van der Waals surface area contributed by atoms with Gasteiger partial charge in [0.05, 0.1) is 24.0 Å². The Morgan fingerprint density at radius 3 is 2.85 bits per heavy atom. The van der Waals surface area contributed by atoms with Crippen LogP contribution in [0.3, 0.4) is 0 Å². The summed E-state index contributed by atoms with van der Waals surface area (Å²) in [4.78, 5) is 22.9. The number of hydrogen-bond donors (Lipinski definition) is 2. The Hall–Kier alpha value is -2.70. The van der Waals surface area contributed by atoms with Crippen LogP contribution in [0.25, 0.3) is 0 Å². The van der Waals surface area contributed by atoms with Gasteiger partial charge >= 0.3 is 5.97 Å². The first-order valence-corrected chi connectivity index (χ1v) is 6.04. The van der Waals surface area contributed by atoms with Crippen LogP contribution in [0, 0.1) is 6.92 Å². The maximum atomic E-state index is 11.8. The summed E-state index contributed by atoms with van der Waals surface area (Å²) in [5.74, 6) is -1.34. The number of anilines is 1. The molecule has 7 heteroatoms. The van der Waals surface area contributed by atoms with Gasteiger partial charge in [0.1, 0.15) is 0 Å². The Morgan fingerprint density at radius 2 is 2.20 bits per heavy atom. The molecule has 2 rings (SSSR count). The molecule has 0 aliphatic carbocycles. The molecule has 104 valence electrons. The molecular formula is C13H14N4O3. The lowest BCUT2D eigenvalue weighted by Gasteiger charge is -2.09. The molecule has 0 fully saturated rings. The number of amides is 1. The van der Waals surface area contributed by atoms with Gasteiger partial charge in [-0.2, -0.15) is 0 Å². The summed E-state index contributed by atoms with van der Waals surface area (Å²) >= 11 is 0. The summed E-state index contributed by atoms with van der Waals surface area (Å²) in [6, 6.07) is 4.86. The lowest BCUT2D eigenvalue weighted by molar-refractivity contribution is -0.116. The highest BCUT2D eigenvalue weighted by molar-refractivity contribution is 6.00. The van der Waals surface area contributed by atoms with E-state index in [1.807, 2.05) is 0 Å². The Labute approximate surface area is 115 Å². The molecule has 2 N–H and O–H groups in total. The zero-order valence-electron chi connectivity index (χ0n) is 10.9. The van der Waals surface area contributed by atoms with Crippen molar-refractivity contribution in [3.8, 4) is 0 Å². The average molecular weight is 274 g/mol. The molecule has 0 spiro atoms. The van der Waals surface area contributed by atoms with Crippen LogP contribution in [-0.4, -0.2) is 32.0 Å². The number of carboxylic acids is 1. The van der Waals surface area contributed by atoms with Crippen molar-refractivity contribution in [2.45, 2.75) is 19.9 Å². The third-order valence-corrected chi connectivity index (χ3v) is 2.72. The van der Waals surface area contributed by atoms with E-state index in [9.17, 15) is 9.59 Å². The van der Waals surface area contributed by atoms with E-state index < -0.39 is 5.97 Å². The van der Waals surface area contributed by atoms with Crippen molar-refractivity contribution >= 4 is 17.6 Å². The fraction of sp³-hybridized carbons (Fsp3) is 0.231. The first-order valence-electron chi connectivity index (χ1n) is 6.04. The number of rotatable bonds is 5. The first-order chi connectivity index (χ1) is 9.56. The van der Waals surface area contributed by atoms with Gasteiger partial charge in [0.15, 0.2) is 0 Å². The normalized spacial score (nSPS) is 10.2. The van der Waals surface area contributed by atoms with E-state index in [-0.39, 0.29) is 17.9 Å². The minimum absolute atomic E-state index is 0.0825. The highest BCUT2D eigenvalue weighted by Gasteiger charge is 2.12. The van der Waals surface area contributed by atoms with Crippen molar-refractivity contribution < 1.29 is 14.7 Å². The number of hydrogen-bond acceptors (Lipinski definition) is 4. The number of aromatic nitrogens is 3. The Bertz CT molecular complexity index is 623. The summed E-state index contributed by atoms with van der Waals surface area (Å²) < 4.78 is 1.53. The summed E-state index contributed by atoms with van der Waals surface area (Å²) in [7, 11) is 0. The molecule has 0 saturated heterocycles. The largest absolute Gasteiger partial charge is 0.478 e. The second-order valence-corrected chi connectivity index (χ2v) is 4.32. The maximum Gasteiger partial charge on any atom is 0.337 e. The maximum absolute atomic E-state index is 11.8. The van der Waals surface area contributed by atoms with Crippen molar-refractivity contribution in [3.05, 3.63) is 41.7 Å². The van der Waals surface area contributed by atoms with Gasteiger partial charge in [0.2, 0.25) is 5.91 Å². The number of carboxylic acid groups (broad SMARTS) is 1. The fourth-order valence-corrected chi connectivity index (χ4v) is 1.72. The predicted molar refractivity (Wildman–Crippen MR) is 71.4 cm³/mol. The molecule has 0 aliphatic rings.